The zero-order valence-electron chi connectivity index (χ0n) is 18.0. The number of carbonyl (C=O) groups is 3. The van der Waals surface area contributed by atoms with Crippen LogP contribution in [-0.4, -0.2) is 24.6 Å². The number of benzene rings is 3. The Morgan fingerprint density at radius 2 is 1.64 bits per heavy atom. The summed E-state index contributed by atoms with van der Waals surface area (Å²) in [6.07, 6.45) is -0.546. The van der Waals surface area contributed by atoms with Gasteiger partial charge in [-0.3, -0.25) is 9.59 Å². The third kappa shape index (κ3) is 7.66. The zero-order chi connectivity index (χ0) is 23.6. The van der Waals surface area contributed by atoms with E-state index in [2.05, 4.69) is 10.6 Å². The van der Waals surface area contributed by atoms with Gasteiger partial charge in [0.25, 0.3) is 5.91 Å². The van der Waals surface area contributed by atoms with Crippen molar-refractivity contribution < 1.29 is 23.9 Å². The number of rotatable bonds is 8. The molecule has 0 spiro atoms. The molecular formula is C25H23ClN2O5. The predicted molar refractivity (Wildman–Crippen MR) is 125 cm³/mol. The van der Waals surface area contributed by atoms with Crippen LogP contribution in [0.3, 0.4) is 0 Å². The minimum absolute atomic E-state index is 0.114. The van der Waals surface area contributed by atoms with Gasteiger partial charge in [-0.2, -0.15) is 0 Å². The largest absolute Gasteiger partial charge is 0.513 e. The van der Waals surface area contributed by atoms with Crippen LogP contribution in [0.2, 0.25) is 5.02 Å². The summed E-state index contributed by atoms with van der Waals surface area (Å²) < 4.78 is 9.69. The SMILES string of the molecule is CCOC(=O)Oc1ccc(C(=O)Nc2cccc(CNC(=O)Cc3ccc(Cl)cc3)c2)cc1. The Hall–Kier alpha value is -3.84. The molecule has 0 aliphatic rings. The maximum Gasteiger partial charge on any atom is 0.513 e. The number of ether oxygens (including phenoxy) is 2. The van der Waals surface area contributed by atoms with Crippen LogP contribution in [0.4, 0.5) is 10.5 Å². The molecule has 7 nitrogen and oxygen atoms in total. The topological polar surface area (TPSA) is 93.7 Å². The van der Waals surface area contributed by atoms with Gasteiger partial charge < -0.3 is 20.1 Å². The van der Waals surface area contributed by atoms with Gasteiger partial charge in [-0.05, 0) is 66.6 Å². The number of carbonyl (C=O) groups excluding carboxylic acids is 3. The second-order valence-corrected chi connectivity index (χ2v) is 7.48. The molecule has 2 N–H and O–H groups in total. The first-order valence-electron chi connectivity index (χ1n) is 10.3. The molecule has 0 unspecified atom stereocenters. The molecule has 0 atom stereocenters. The minimum atomic E-state index is -0.799. The average Bonchev–Trinajstić information content (AvgIpc) is 2.80. The summed E-state index contributed by atoms with van der Waals surface area (Å²) in [5, 5.41) is 6.31. The van der Waals surface area contributed by atoms with Crippen LogP contribution in [0.1, 0.15) is 28.4 Å². The second-order valence-electron chi connectivity index (χ2n) is 7.04. The van der Waals surface area contributed by atoms with E-state index in [0.717, 1.165) is 11.1 Å². The molecule has 8 heteroatoms. The van der Waals surface area contributed by atoms with Crippen LogP contribution >= 0.6 is 11.6 Å². The molecule has 0 saturated carbocycles. The van der Waals surface area contributed by atoms with E-state index in [1.54, 1.807) is 49.4 Å². The quantitative estimate of drug-likeness (QED) is 0.360. The number of anilines is 1. The van der Waals surface area contributed by atoms with Crippen molar-refractivity contribution >= 4 is 35.3 Å². The third-order valence-electron chi connectivity index (χ3n) is 4.53. The lowest BCUT2D eigenvalue weighted by molar-refractivity contribution is -0.120. The molecule has 170 valence electrons. The van der Waals surface area contributed by atoms with Gasteiger partial charge in [-0.25, -0.2) is 4.79 Å². The molecule has 0 aromatic heterocycles. The third-order valence-corrected chi connectivity index (χ3v) is 4.78. The van der Waals surface area contributed by atoms with Gasteiger partial charge in [0.1, 0.15) is 5.75 Å². The number of hydrogen-bond donors (Lipinski definition) is 2. The van der Waals surface area contributed by atoms with Crippen LogP contribution in [-0.2, 0) is 22.5 Å². The van der Waals surface area contributed by atoms with Gasteiger partial charge in [0.15, 0.2) is 0 Å². The van der Waals surface area contributed by atoms with Crippen molar-refractivity contribution in [2.45, 2.75) is 19.9 Å². The number of amides is 2. The summed E-state index contributed by atoms with van der Waals surface area (Å²) in [5.74, 6) is -0.153. The van der Waals surface area contributed by atoms with Crippen LogP contribution in [0, 0.1) is 0 Å². The molecule has 0 radical (unpaired) electrons. The van der Waals surface area contributed by atoms with E-state index in [9.17, 15) is 14.4 Å². The first-order valence-corrected chi connectivity index (χ1v) is 10.7. The summed E-state index contributed by atoms with van der Waals surface area (Å²) in [6.45, 7) is 2.22. The van der Waals surface area contributed by atoms with Gasteiger partial charge in [0.2, 0.25) is 5.91 Å². The van der Waals surface area contributed by atoms with Crippen LogP contribution in [0.15, 0.2) is 72.8 Å². The lowest BCUT2D eigenvalue weighted by Crippen LogP contribution is -2.24. The first kappa shape index (κ1) is 23.8. The predicted octanol–water partition coefficient (Wildman–Crippen LogP) is 4.99. The fourth-order valence-electron chi connectivity index (χ4n) is 2.93. The maximum atomic E-state index is 12.5. The highest BCUT2D eigenvalue weighted by atomic mass is 35.5. The molecule has 3 aromatic rings. The van der Waals surface area contributed by atoms with E-state index < -0.39 is 6.16 Å². The summed E-state index contributed by atoms with van der Waals surface area (Å²) in [7, 11) is 0. The number of halogens is 1. The molecule has 2 amide bonds. The highest BCUT2D eigenvalue weighted by Crippen LogP contribution is 2.16. The number of hydrogen-bond acceptors (Lipinski definition) is 5. The molecule has 0 aliphatic carbocycles. The Labute approximate surface area is 196 Å². The van der Waals surface area contributed by atoms with Crippen molar-refractivity contribution in [3.63, 3.8) is 0 Å². The normalized spacial score (nSPS) is 10.2. The first-order chi connectivity index (χ1) is 15.9. The summed E-state index contributed by atoms with van der Waals surface area (Å²) >= 11 is 5.86. The maximum absolute atomic E-state index is 12.5. The Morgan fingerprint density at radius 3 is 2.33 bits per heavy atom. The smallest absolute Gasteiger partial charge is 0.434 e. The Kier molecular flexibility index (Phi) is 8.43. The van der Waals surface area contributed by atoms with E-state index in [4.69, 9.17) is 21.1 Å². The molecule has 0 fully saturated rings. The highest BCUT2D eigenvalue weighted by Gasteiger charge is 2.10. The van der Waals surface area contributed by atoms with Gasteiger partial charge in [0.05, 0.1) is 13.0 Å². The van der Waals surface area contributed by atoms with Crippen molar-refractivity contribution in [3.8, 4) is 5.75 Å². The van der Waals surface area contributed by atoms with Crippen molar-refractivity contribution in [1.82, 2.24) is 5.32 Å². The van der Waals surface area contributed by atoms with E-state index in [1.165, 1.54) is 12.1 Å². The molecule has 33 heavy (non-hydrogen) atoms. The van der Waals surface area contributed by atoms with Crippen molar-refractivity contribution in [1.29, 1.82) is 0 Å². The fraction of sp³-hybridized carbons (Fsp3) is 0.160. The van der Waals surface area contributed by atoms with Crippen LogP contribution < -0.4 is 15.4 Å². The second kappa shape index (κ2) is 11.7. The van der Waals surface area contributed by atoms with Crippen LogP contribution in [0.25, 0.3) is 0 Å². The highest BCUT2D eigenvalue weighted by molar-refractivity contribution is 6.30. The monoisotopic (exact) mass is 466 g/mol. The molecule has 0 saturated heterocycles. The van der Waals surface area contributed by atoms with E-state index in [-0.39, 0.29) is 30.6 Å². The molecular weight excluding hydrogens is 444 g/mol. The zero-order valence-corrected chi connectivity index (χ0v) is 18.7. The summed E-state index contributed by atoms with van der Waals surface area (Å²) in [4.78, 5) is 36.1. The van der Waals surface area contributed by atoms with E-state index in [0.29, 0.717) is 22.8 Å². The molecule has 0 bridgehead atoms. The summed E-state index contributed by atoms with van der Waals surface area (Å²) in [6, 6.07) is 20.4. The van der Waals surface area contributed by atoms with Crippen molar-refractivity contribution in [2.75, 3.05) is 11.9 Å². The minimum Gasteiger partial charge on any atom is -0.434 e. The van der Waals surface area contributed by atoms with Crippen molar-refractivity contribution in [3.05, 3.63) is 94.5 Å². The fourth-order valence-corrected chi connectivity index (χ4v) is 3.06. The standard InChI is InChI=1S/C25H23ClN2O5/c1-2-32-25(31)33-22-12-8-19(9-13-22)24(30)28-21-5-3-4-18(14-21)16-27-23(29)15-17-6-10-20(26)11-7-17/h3-14H,2,15-16H2,1H3,(H,27,29)(H,28,30). The molecule has 3 aromatic carbocycles. The molecule has 3 rings (SSSR count). The van der Waals surface area contributed by atoms with Gasteiger partial charge in [0, 0.05) is 22.8 Å². The average molecular weight is 467 g/mol. The Morgan fingerprint density at radius 1 is 0.909 bits per heavy atom. The van der Waals surface area contributed by atoms with Crippen LogP contribution in [0.5, 0.6) is 5.75 Å². The lowest BCUT2D eigenvalue weighted by Gasteiger charge is -2.10. The molecule has 0 heterocycles. The number of nitrogens with one attached hydrogen (secondary N) is 2. The van der Waals surface area contributed by atoms with Gasteiger partial charge in [-0.1, -0.05) is 35.9 Å². The summed E-state index contributed by atoms with van der Waals surface area (Å²) in [5.41, 5.74) is 2.70. The van der Waals surface area contributed by atoms with E-state index in [1.807, 2.05) is 18.2 Å². The molecule has 0 aliphatic heterocycles. The van der Waals surface area contributed by atoms with Gasteiger partial charge >= 0.3 is 6.16 Å². The van der Waals surface area contributed by atoms with E-state index >= 15 is 0 Å². The van der Waals surface area contributed by atoms with Gasteiger partial charge in [-0.15, -0.1) is 0 Å². The lowest BCUT2D eigenvalue weighted by atomic mass is 10.1. The van der Waals surface area contributed by atoms with Crippen molar-refractivity contribution in [2.24, 2.45) is 0 Å². The Bertz CT molecular complexity index is 1110. The Balaban J connectivity index is 1.52.